The lowest BCUT2D eigenvalue weighted by Gasteiger charge is -2.13. The van der Waals surface area contributed by atoms with Gasteiger partial charge < -0.3 is 15.7 Å². The molecule has 0 aliphatic carbocycles. The summed E-state index contributed by atoms with van der Waals surface area (Å²) in [6.07, 6.45) is -4.84. The third kappa shape index (κ3) is 6.84. The van der Waals surface area contributed by atoms with Gasteiger partial charge in [0.25, 0.3) is 0 Å². The second-order valence-electron chi connectivity index (χ2n) is 4.91. The van der Waals surface area contributed by atoms with Crippen LogP contribution in [0.1, 0.15) is 5.69 Å². The molecular formula is C14H10F6N4O2S. The van der Waals surface area contributed by atoms with Crippen LogP contribution in [0, 0.1) is 0 Å². The summed E-state index contributed by atoms with van der Waals surface area (Å²) in [5.74, 6) is -2.32. The fourth-order valence-electron chi connectivity index (χ4n) is 1.81. The standard InChI is InChI=1S/C14H10F6N4O2S/c15-13(16,17)9-5-10(24-12(23-9)21-6-11(25)26)22-7-2-1-3-8(4-7)27-14(18,19)20/h1-5H,6H2,(H,25,26)(H2,21,22,23,24). The van der Waals surface area contributed by atoms with Crippen LogP contribution in [0.5, 0.6) is 0 Å². The molecule has 1 aromatic heterocycles. The van der Waals surface area contributed by atoms with Crippen LogP contribution in [0.15, 0.2) is 35.2 Å². The first kappa shape index (κ1) is 20.6. The number of aromatic nitrogens is 2. The van der Waals surface area contributed by atoms with Crippen LogP contribution in [0.2, 0.25) is 0 Å². The second-order valence-corrected chi connectivity index (χ2v) is 6.05. The lowest BCUT2D eigenvalue weighted by atomic mass is 10.3. The summed E-state index contributed by atoms with van der Waals surface area (Å²) >= 11 is -0.383. The van der Waals surface area contributed by atoms with Gasteiger partial charge >= 0.3 is 17.7 Å². The summed E-state index contributed by atoms with van der Waals surface area (Å²) in [5.41, 5.74) is -5.82. The predicted octanol–water partition coefficient (Wildman–Crippen LogP) is 4.35. The number of carboxylic acid groups (broad SMARTS) is 1. The van der Waals surface area contributed by atoms with E-state index in [9.17, 15) is 31.1 Å². The fraction of sp³-hybridized carbons (Fsp3) is 0.214. The fourth-order valence-corrected chi connectivity index (χ4v) is 2.41. The van der Waals surface area contributed by atoms with Crippen LogP contribution in [-0.2, 0) is 11.0 Å². The summed E-state index contributed by atoms with van der Waals surface area (Å²) in [6, 6.07) is 5.43. The van der Waals surface area contributed by atoms with E-state index in [2.05, 4.69) is 20.6 Å². The highest BCUT2D eigenvalue weighted by atomic mass is 32.2. The van der Waals surface area contributed by atoms with Gasteiger partial charge in [0.1, 0.15) is 12.4 Å². The molecular weight excluding hydrogens is 402 g/mol. The van der Waals surface area contributed by atoms with Crippen molar-refractivity contribution < 1.29 is 36.2 Å². The van der Waals surface area contributed by atoms with E-state index in [0.717, 1.165) is 6.07 Å². The average molecular weight is 412 g/mol. The van der Waals surface area contributed by atoms with E-state index < -0.39 is 35.8 Å². The molecule has 0 fully saturated rings. The van der Waals surface area contributed by atoms with Gasteiger partial charge in [-0.1, -0.05) is 6.07 Å². The second kappa shape index (κ2) is 7.90. The van der Waals surface area contributed by atoms with Gasteiger partial charge in [-0.05, 0) is 30.0 Å². The molecule has 0 bridgehead atoms. The molecule has 0 aliphatic heterocycles. The minimum absolute atomic E-state index is 0.0558. The number of carbonyl (C=O) groups is 1. The van der Waals surface area contributed by atoms with Gasteiger partial charge in [-0.25, -0.2) is 4.98 Å². The topological polar surface area (TPSA) is 87.1 Å². The zero-order chi connectivity index (χ0) is 20.2. The smallest absolute Gasteiger partial charge is 0.446 e. The number of benzene rings is 1. The number of thioether (sulfide) groups is 1. The number of aliphatic carboxylic acids is 1. The van der Waals surface area contributed by atoms with Crippen LogP contribution in [-0.4, -0.2) is 33.1 Å². The number of halogens is 6. The minimum atomic E-state index is -4.84. The molecule has 27 heavy (non-hydrogen) atoms. The maximum absolute atomic E-state index is 12.9. The first-order valence-corrected chi connectivity index (χ1v) is 7.79. The first-order valence-electron chi connectivity index (χ1n) is 6.97. The Hall–Kier alpha value is -2.70. The number of anilines is 3. The molecule has 146 valence electrons. The maximum atomic E-state index is 12.9. The quantitative estimate of drug-likeness (QED) is 0.480. The maximum Gasteiger partial charge on any atom is 0.446 e. The van der Waals surface area contributed by atoms with Crippen molar-refractivity contribution in [2.75, 3.05) is 17.2 Å². The molecule has 0 spiro atoms. The van der Waals surface area contributed by atoms with E-state index in [1.165, 1.54) is 18.2 Å². The molecule has 1 heterocycles. The number of nitrogens with zero attached hydrogens (tertiary/aromatic N) is 2. The molecule has 0 radical (unpaired) electrons. The van der Waals surface area contributed by atoms with Crippen LogP contribution in [0.4, 0.5) is 43.8 Å². The first-order chi connectivity index (χ1) is 12.4. The van der Waals surface area contributed by atoms with Crippen LogP contribution in [0.25, 0.3) is 0 Å². The number of carboxylic acids is 1. The van der Waals surface area contributed by atoms with E-state index in [1.54, 1.807) is 0 Å². The van der Waals surface area contributed by atoms with E-state index in [1.807, 2.05) is 0 Å². The van der Waals surface area contributed by atoms with Gasteiger partial charge in [0.05, 0.1) is 0 Å². The SMILES string of the molecule is O=C(O)CNc1nc(Nc2cccc(SC(F)(F)F)c2)cc(C(F)(F)F)n1. The Bertz CT molecular complexity index is 828. The Morgan fingerprint density at radius 1 is 1.11 bits per heavy atom. The third-order valence-corrected chi connectivity index (χ3v) is 3.48. The number of hydrogen-bond acceptors (Lipinski definition) is 6. The van der Waals surface area contributed by atoms with Crippen LogP contribution >= 0.6 is 11.8 Å². The lowest BCUT2D eigenvalue weighted by molar-refractivity contribution is -0.141. The summed E-state index contributed by atoms with van der Waals surface area (Å²) in [5, 5.41) is 13.1. The van der Waals surface area contributed by atoms with Gasteiger partial charge in [-0.3, -0.25) is 4.79 Å². The molecule has 0 saturated heterocycles. The van der Waals surface area contributed by atoms with Crippen molar-refractivity contribution in [1.82, 2.24) is 9.97 Å². The lowest BCUT2D eigenvalue weighted by Crippen LogP contribution is -2.17. The molecule has 2 aromatic rings. The summed E-state index contributed by atoms with van der Waals surface area (Å²) in [7, 11) is 0. The Labute approximate surface area is 152 Å². The molecule has 2 rings (SSSR count). The molecule has 0 saturated carbocycles. The monoisotopic (exact) mass is 412 g/mol. The highest BCUT2D eigenvalue weighted by Crippen LogP contribution is 2.38. The van der Waals surface area contributed by atoms with Crippen molar-refractivity contribution in [3.63, 3.8) is 0 Å². The highest BCUT2D eigenvalue weighted by molar-refractivity contribution is 8.00. The summed E-state index contributed by atoms with van der Waals surface area (Å²) < 4.78 is 76.1. The van der Waals surface area contributed by atoms with E-state index in [-0.39, 0.29) is 28.2 Å². The van der Waals surface area contributed by atoms with Crippen molar-refractivity contribution in [2.24, 2.45) is 0 Å². The summed E-state index contributed by atoms with van der Waals surface area (Å²) in [4.78, 5) is 17.2. The van der Waals surface area contributed by atoms with Crippen molar-refractivity contribution in [3.05, 3.63) is 36.0 Å². The van der Waals surface area contributed by atoms with Crippen molar-refractivity contribution >= 4 is 35.2 Å². The minimum Gasteiger partial charge on any atom is -0.480 e. The third-order valence-electron chi connectivity index (χ3n) is 2.75. The summed E-state index contributed by atoms with van der Waals surface area (Å²) in [6.45, 7) is -0.724. The molecule has 0 unspecified atom stereocenters. The average Bonchev–Trinajstić information content (AvgIpc) is 2.50. The van der Waals surface area contributed by atoms with E-state index in [0.29, 0.717) is 6.07 Å². The Morgan fingerprint density at radius 3 is 2.41 bits per heavy atom. The Morgan fingerprint density at radius 2 is 1.81 bits per heavy atom. The van der Waals surface area contributed by atoms with Gasteiger partial charge in [0.15, 0.2) is 5.69 Å². The van der Waals surface area contributed by atoms with Crippen LogP contribution in [0.3, 0.4) is 0 Å². The van der Waals surface area contributed by atoms with Gasteiger partial charge in [-0.2, -0.15) is 31.3 Å². The number of nitrogens with one attached hydrogen (secondary N) is 2. The Balaban J connectivity index is 2.30. The number of alkyl halides is 6. The van der Waals surface area contributed by atoms with Crippen molar-refractivity contribution in [3.8, 4) is 0 Å². The van der Waals surface area contributed by atoms with Crippen LogP contribution < -0.4 is 10.6 Å². The molecule has 1 aromatic carbocycles. The van der Waals surface area contributed by atoms with Gasteiger partial charge in [-0.15, -0.1) is 0 Å². The zero-order valence-corrected chi connectivity index (χ0v) is 13.8. The normalized spacial score (nSPS) is 11.9. The molecule has 13 heteroatoms. The van der Waals surface area contributed by atoms with E-state index >= 15 is 0 Å². The molecule has 6 nitrogen and oxygen atoms in total. The molecule has 0 aliphatic rings. The highest BCUT2D eigenvalue weighted by Gasteiger charge is 2.34. The predicted molar refractivity (Wildman–Crippen MR) is 84.8 cm³/mol. The molecule has 3 N–H and O–H groups in total. The number of rotatable bonds is 6. The van der Waals surface area contributed by atoms with Gasteiger partial charge in [0, 0.05) is 16.6 Å². The Kier molecular flexibility index (Phi) is 6.03. The number of hydrogen-bond donors (Lipinski definition) is 3. The van der Waals surface area contributed by atoms with E-state index in [4.69, 9.17) is 5.11 Å². The van der Waals surface area contributed by atoms with Crippen molar-refractivity contribution in [1.29, 1.82) is 0 Å². The molecule has 0 atom stereocenters. The van der Waals surface area contributed by atoms with Gasteiger partial charge in [0.2, 0.25) is 5.95 Å². The van der Waals surface area contributed by atoms with Crippen molar-refractivity contribution in [2.45, 2.75) is 16.6 Å². The zero-order valence-electron chi connectivity index (χ0n) is 13.0. The molecule has 0 amide bonds. The largest absolute Gasteiger partial charge is 0.480 e.